The maximum absolute atomic E-state index is 13.7. The molecule has 0 bridgehead atoms. The molecule has 0 N–H and O–H groups in total. The van der Waals surface area contributed by atoms with Crippen molar-refractivity contribution in [2.24, 2.45) is 0 Å². The molecular formula is C12ClF25O2S. The van der Waals surface area contributed by atoms with Gasteiger partial charge in [-0.1, -0.05) is 0 Å². The van der Waals surface area contributed by atoms with Crippen LogP contribution in [0.4, 0.5) is 110 Å². The third-order valence-corrected chi connectivity index (χ3v) is 6.41. The van der Waals surface area contributed by atoms with Crippen LogP contribution >= 0.6 is 10.7 Å². The average Bonchev–Trinajstić information content (AvgIpc) is 2.69. The van der Waals surface area contributed by atoms with Crippen LogP contribution in [0, 0.1) is 0 Å². The lowest BCUT2D eigenvalue weighted by molar-refractivity contribution is -0.477. The molecular weight excluding hydrogens is 719 g/mol. The van der Waals surface area contributed by atoms with Gasteiger partial charge >= 0.3 is 70.7 Å². The highest BCUT2D eigenvalue weighted by molar-refractivity contribution is 8.14. The van der Waals surface area contributed by atoms with Crippen LogP contribution in [-0.2, 0) is 9.05 Å². The van der Waals surface area contributed by atoms with Crippen molar-refractivity contribution in [2.45, 2.75) is 70.7 Å². The highest BCUT2D eigenvalue weighted by atomic mass is 35.7. The zero-order valence-corrected chi connectivity index (χ0v) is 18.6. The van der Waals surface area contributed by atoms with Gasteiger partial charge in [-0.25, -0.2) is 12.8 Å². The molecule has 0 fully saturated rings. The largest absolute Gasteiger partial charge is 0.460 e. The molecule has 0 amide bonds. The summed E-state index contributed by atoms with van der Waals surface area (Å²) in [4.78, 5) is 0. The van der Waals surface area contributed by atoms with Crippen molar-refractivity contribution in [3.8, 4) is 0 Å². The summed E-state index contributed by atoms with van der Waals surface area (Å²) in [5, 5.41) is -8.50. The van der Waals surface area contributed by atoms with Gasteiger partial charge in [-0.2, -0.15) is 105 Å². The molecule has 1 atom stereocenters. The summed E-state index contributed by atoms with van der Waals surface area (Å²) in [6, 6.07) is 0. The van der Waals surface area contributed by atoms with E-state index in [1.165, 1.54) is 0 Å². The summed E-state index contributed by atoms with van der Waals surface area (Å²) < 4.78 is 349. The number of hydrogen-bond donors (Lipinski definition) is 0. The zero-order chi connectivity index (χ0) is 34.5. The Labute approximate surface area is 209 Å². The summed E-state index contributed by atoms with van der Waals surface area (Å²) in [7, 11) is -4.83. The minimum Gasteiger partial charge on any atom is -0.208 e. The summed E-state index contributed by atoms with van der Waals surface area (Å²) >= 11 is 0. The minimum absolute atomic E-state index is 3.45. The standard InChI is InChI=1S/C12ClF25O2S/c13-41(39,40)10(32,12(36,37)38)8(28,29)6(24,25)4(20,21)2(16,17)1(14,15)3(18,19)5(22,23)7(26,27)9(30,31)11(33,34)35. The second kappa shape index (κ2) is 9.25. The molecule has 29 heteroatoms. The SMILES string of the molecule is O=S(=O)(Cl)C(F)(C(F)(F)F)C(F)(F)C(F)(F)C(F)(F)C(F)(F)C(F)(F)C(F)(F)C(F)(F)C(F)(F)C(F)(F)C(F)(F)F. The van der Waals surface area contributed by atoms with Crippen molar-refractivity contribution in [3.63, 3.8) is 0 Å². The Balaban J connectivity index is 7.59. The van der Waals surface area contributed by atoms with Gasteiger partial charge in [-0.15, -0.1) is 0 Å². The average molecular weight is 719 g/mol. The van der Waals surface area contributed by atoms with E-state index in [-0.39, 0.29) is 0 Å². The second-order valence-corrected chi connectivity index (χ2v) is 9.86. The van der Waals surface area contributed by atoms with E-state index in [9.17, 15) is 118 Å². The first-order chi connectivity index (χ1) is 17.0. The molecule has 248 valence electrons. The summed E-state index contributed by atoms with van der Waals surface area (Å²) in [6.45, 7) is 0. The second-order valence-electron chi connectivity index (χ2n) is 7.20. The fourth-order valence-corrected chi connectivity index (χ4v) is 3.49. The van der Waals surface area contributed by atoms with E-state index in [2.05, 4.69) is 10.7 Å². The number of halogens is 26. The van der Waals surface area contributed by atoms with Crippen LogP contribution in [0.1, 0.15) is 0 Å². The maximum atomic E-state index is 13.7. The minimum atomic E-state index is -9.74. The molecule has 0 aliphatic carbocycles. The van der Waals surface area contributed by atoms with E-state index < -0.39 is 79.7 Å². The predicted octanol–water partition coefficient (Wildman–Crippen LogP) is 8.06. The molecule has 0 saturated heterocycles. The third kappa shape index (κ3) is 4.52. The van der Waals surface area contributed by atoms with Crippen LogP contribution in [0.5, 0.6) is 0 Å². The molecule has 0 saturated carbocycles. The number of rotatable bonds is 10. The first-order valence-electron chi connectivity index (χ1n) is 8.17. The molecule has 2 nitrogen and oxygen atoms in total. The topological polar surface area (TPSA) is 34.1 Å². The molecule has 0 aromatic carbocycles. The van der Waals surface area contributed by atoms with E-state index in [1.807, 2.05) is 0 Å². The van der Waals surface area contributed by atoms with Crippen molar-refractivity contribution < 1.29 is 118 Å². The Bertz CT molecular complexity index is 1100. The van der Waals surface area contributed by atoms with Gasteiger partial charge in [-0.3, -0.25) is 0 Å². The summed E-state index contributed by atoms with van der Waals surface area (Å²) in [5.41, 5.74) is 0. The Hall–Kier alpha value is -1.51. The Morgan fingerprint density at radius 2 is 0.463 bits per heavy atom. The van der Waals surface area contributed by atoms with Crippen molar-refractivity contribution in [2.75, 3.05) is 0 Å². The molecule has 0 aromatic rings. The van der Waals surface area contributed by atoms with Crippen LogP contribution in [0.3, 0.4) is 0 Å². The molecule has 0 radical (unpaired) electrons. The van der Waals surface area contributed by atoms with E-state index in [0.29, 0.717) is 0 Å². The maximum Gasteiger partial charge on any atom is 0.460 e. The Morgan fingerprint density at radius 3 is 0.610 bits per heavy atom. The normalized spacial score (nSPS) is 18.4. The van der Waals surface area contributed by atoms with Gasteiger partial charge in [0.05, 0.1) is 0 Å². The molecule has 0 aliphatic rings. The van der Waals surface area contributed by atoms with Gasteiger partial charge in [-0.05, 0) is 0 Å². The van der Waals surface area contributed by atoms with Gasteiger partial charge in [0.25, 0.3) is 9.05 Å². The molecule has 1 unspecified atom stereocenters. The van der Waals surface area contributed by atoms with Crippen molar-refractivity contribution in [1.82, 2.24) is 0 Å². The van der Waals surface area contributed by atoms with Crippen molar-refractivity contribution in [1.29, 1.82) is 0 Å². The van der Waals surface area contributed by atoms with Crippen molar-refractivity contribution >= 4 is 19.7 Å². The number of hydrogen-bond acceptors (Lipinski definition) is 2. The van der Waals surface area contributed by atoms with Crippen LogP contribution in [0.15, 0.2) is 0 Å². The highest BCUT2D eigenvalue weighted by Gasteiger charge is 3.00. The van der Waals surface area contributed by atoms with Crippen molar-refractivity contribution in [3.05, 3.63) is 0 Å². The van der Waals surface area contributed by atoms with Crippen LogP contribution in [-0.4, -0.2) is 79.1 Å². The lowest BCUT2D eigenvalue weighted by atomic mass is 9.85. The van der Waals surface area contributed by atoms with E-state index in [4.69, 9.17) is 0 Å². The first-order valence-corrected chi connectivity index (χ1v) is 10.5. The molecule has 0 aromatic heterocycles. The van der Waals surface area contributed by atoms with Crippen LogP contribution in [0.25, 0.3) is 0 Å². The van der Waals surface area contributed by atoms with Gasteiger partial charge in [0.15, 0.2) is 0 Å². The molecule has 0 rings (SSSR count). The fraction of sp³-hybridized carbons (Fsp3) is 1.00. The summed E-state index contributed by atoms with van der Waals surface area (Å²) in [6.07, 6.45) is -16.5. The number of alkyl halides is 25. The van der Waals surface area contributed by atoms with E-state index >= 15 is 0 Å². The van der Waals surface area contributed by atoms with Gasteiger partial charge < -0.3 is 0 Å². The third-order valence-electron chi connectivity index (χ3n) is 4.62. The predicted molar refractivity (Wildman–Crippen MR) is 75.2 cm³/mol. The Kier molecular flexibility index (Phi) is 8.91. The quantitative estimate of drug-likeness (QED) is 0.169. The first kappa shape index (κ1) is 39.5. The highest BCUT2D eigenvalue weighted by Crippen LogP contribution is 2.68. The van der Waals surface area contributed by atoms with E-state index in [1.54, 1.807) is 0 Å². The lowest BCUT2D eigenvalue weighted by Gasteiger charge is -2.45. The molecule has 0 spiro atoms. The monoisotopic (exact) mass is 718 g/mol. The molecule has 0 aliphatic heterocycles. The van der Waals surface area contributed by atoms with Gasteiger partial charge in [0.1, 0.15) is 0 Å². The fourth-order valence-electron chi connectivity index (χ4n) is 2.23. The van der Waals surface area contributed by atoms with Gasteiger partial charge in [0, 0.05) is 10.7 Å². The molecule has 41 heavy (non-hydrogen) atoms. The molecule has 0 heterocycles. The van der Waals surface area contributed by atoms with Crippen LogP contribution in [0.2, 0.25) is 0 Å². The smallest absolute Gasteiger partial charge is 0.208 e. The van der Waals surface area contributed by atoms with Gasteiger partial charge in [0.2, 0.25) is 0 Å². The lowest BCUT2D eigenvalue weighted by Crippen LogP contribution is -2.78. The van der Waals surface area contributed by atoms with E-state index in [0.717, 1.165) is 0 Å². The summed E-state index contributed by atoms with van der Waals surface area (Å²) in [5.74, 6) is -84.8. The Morgan fingerprint density at radius 1 is 0.293 bits per heavy atom. The zero-order valence-electron chi connectivity index (χ0n) is 17.1. The van der Waals surface area contributed by atoms with Crippen LogP contribution < -0.4 is 0 Å².